The van der Waals surface area contributed by atoms with Gasteiger partial charge in [0.25, 0.3) is 5.91 Å². The van der Waals surface area contributed by atoms with Gasteiger partial charge in [-0.15, -0.1) is 0 Å². The Bertz CT molecular complexity index is 471. The zero-order valence-electron chi connectivity index (χ0n) is 11.7. The van der Waals surface area contributed by atoms with Gasteiger partial charge in [-0.1, -0.05) is 19.4 Å². The van der Waals surface area contributed by atoms with E-state index in [2.05, 4.69) is 17.2 Å². The number of nitrogens with one attached hydrogen (secondary N) is 1. The summed E-state index contributed by atoms with van der Waals surface area (Å²) < 4.78 is 12.9. The van der Waals surface area contributed by atoms with E-state index in [9.17, 15) is 14.3 Å². The number of amides is 1. The fourth-order valence-corrected chi connectivity index (χ4v) is 2.67. The van der Waals surface area contributed by atoms with E-state index in [1.807, 2.05) is 0 Å². The topological polar surface area (TPSA) is 62.2 Å². The fourth-order valence-electron chi connectivity index (χ4n) is 2.67. The van der Waals surface area contributed by atoms with Crippen LogP contribution in [0.15, 0.2) is 18.2 Å². The minimum Gasteiger partial charge on any atom is -0.388 e. The number of hydrogen-bond donors (Lipinski definition) is 2. The highest BCUT2D eigenvalue weighted by Crippen LogP contribution is 2.33. The zero-order chi connectivity index (χ0) is 14.6. The van der Waals surface area contributed by atoms with Crippen molar-refractivity contribution in [2.75, 3.05) is 6.54 Å². The Morgan fingerprint density at radius 1 is 1.50 bits per heavy atom. The van der Waals surface area contributed by atoms with Crippen LogP contribution in [0.3, 0.4) is 0 Å². The lowest BCUT2D eigenvalue weighted by Crippen LogP contribution is -2.45. The number of nitrogens with zero attached hydrogens (tertiary/aromatic N) is 1. The monoisotopic (exact) mass is 280 g/mol. The van der Waals surface area contributed by atoms with Crippen LogP contribution >= 0.6 is 0 Å². The number of carbonyl (C=O) groups is 1. The average Bonchev–Trinajstić information content (AvgIpc) is 2.46. The number of aromatic nitrogens is 1. The van der Waals surface area contributed by atoms with Crippen molar-refractivity contribution in [1.29, 1.82) is 0 Å². The lowest BCUT2D eigenvalue weighted by molar-refractivity contribution is -0.00790. The number of halogens is 1. The lowest BCUT2D eigenvalue weighted by Gasteiger charge is -2.35. The van der Waals surface area contributed by atoms with Gasteiger partial charge in [0.15, 0.2) is 0 Å². The Kier molecular flexibility index (Phi) is 4.70. The number of aliphatic hydroxyl groups is 1. The van der Waals surface area contributed by atoms with E-state index in [1.54, 1.807) is 0 Å². The molecule has 1 aliphatic carbocycles. The summed E-state index contributed by atoms with van der Waals surface area (Å²) in [5.41, 5.74) is -0.801. The predicted molar refractivity (Wildman–Crippen MR) is 73.7 cm³/mol. The van der Waals surface area contributed by atoms with E-state index in [4.69, 9.17) is 0 Å². The standard InChI is InChI=1S/C15H21FN2O2/c1-2-11-6-8-15(20,9-7-11)10-17-14(19)12-4-3-5-13(16)18-12/h3-5,11,20H,2,6-10H2,1H3,(H,17,19). The first-order chi connectivity index (χ1) is 9.52. The van der Waals surface area contributed by atoms with Crippen molar-refractivity contribution in [3.63, 3.8) is 0 Å². The van der Waals surface area contributed by atoms with Crippen molar-refractivity contribution in [2.24, 2.45) is 5.92 Å². The molecule has 1 heterocycles. The molecule has 2 rings (SSSR count). The van der Waals surface area contributed by atoms with Gasteiger partial charge in [0, 0.05) is 6.54 Å². The third-order valence-corrected chi connectivity index (χ3v) is 4.14. The number of pyridine rings is 1. The van der Waals surface area contributed by atoms with Gasteiger partial charge in [-0.2, -0.15) is 4.39 Å². The Morgan fingerprint density at radius 2 is 2.20 bits per heavy atom. The maximum absolute atomic E-state index is 12.9. The third-order valence-electron chi connectivity index (χ3n) is 4.14. The summed E-state index contributed by atoms with van der Waals surface area (Å²) in [5.74, 6) is -0.453. The molecule has 5 heteroatoms. The Morgan fingerprint density at radius 3 is 2.80 bits per heavy atom. The summed E-state index contributed by atoms with van der Waals surface area (Å²) in [6, 6.07) is 4.09. The molecule has 0 aliphatic heterocycles. The summed E-state index contributed by atoms with van der Waals surface area (Å²) in [6.45, 7) is 2.35. The van der Waals surface area contributed by atoms with E-state index in [0.717, 1.165) is 19.3 Å². The van der Waals surface area contributed by atoms with Gasteiger partial charge in [-0.05, 0) is 43.7 Å². The van der Waals surface area contributed by atoms with Crippen LogP contribution in [0.4, 0.5) is 4.39 Å². The Labute approximate surface area is 118 Å². The molecule has 2 N–H and O–H groups in total. The Balaban J connectivity index is 1.87. The molecule has 1 aromatic heterocycles. The number of carbonyl (C=O) groups excluding carboxylic acids is 1. The summed E-state index contributed by atoms with van der Waals surface area (Å²) in [4.78, 5) is 15.4. The smallest absolute Gasteiger partial charge is 0.270 e. The van der Waals surface area contributed by atoms with E-state index in [1.165, 1.54) is 18.2 Å². The second-order valence-corrected chi connectivity index (χ2v) is 5.60. The van der Waals surface area contributed by atoms with Crippen molar-refractivity contribution in [2.45, 2.75) is 44.6 Å². The number of rotatable bonds is 4. The van der Waals surface area contributed by atoms with Crippen LogP contribution in [0.5, 0.6) is 0 Å². The van der Waals surface area contributed by atoms with Gasteiger partial charge < -0.3 is 10.4 Å². The van der Waals surface area contributed by atoms with Gasteiger partial charge in [0.2, 0.25) is 5.95 Å². The normalized spacial score (nSPS) is 26.2. The lowest BCUT2D eigenvalue weighted by atomic mass is 9.78. The molecule has 110 valence electrons. The molecule has 1 amide bonds. The quantitative estimate of drug-likeness (QED) is 0.832. The maximum Gasteiger partial charge on any atom is 0.270 e. The summed E-state index contributed by atoms with van der Waals surface area (Å²) in [7, 11) is 0. The van der Waals surface area contributed by atoms with Crippen LogP contribution in [0, 0.1) is 11.9 Å². The van der Waals surface area contributed by atoms with Crippen LogP contribution < -0.4 is 5.32 Å². The first kappa shape index (κ1) is 14.9. The molecular formula is C15H21FN2O2. The molecular weight excluding hydrogens is 259 g/mol. The van der Waals surface area contributed by atoms with Crippen molar-refractivity contribution in [1.82, 2.24) is 10.3 Å². The SMILES string of the molecule is CCC1CCC(O)(CNC(=O)c2cccc(F)n2)CC1. The molecule has 1 aliphatic rings. The molecule has 0 bridgehead atoms. The molecule has 1 fully saturated rings. The van der Waals surface area contributed by atoms with E-state index in [-0.39, 0.29) is 12.2 Å². The molecule has 1 saturated carbocycles. The predicted octanol–water partition coefficient (Wildman–Crippen LogP) is 2.28. The van der Waals surface area contributed by atoms with Gasteiger partial charge >= 0.3 is 0 Å². The first-order valence-corrected chi connectivity index (χ1v) is 7.15. The average molecular weight is 280 g/mol. The fraction of sp³-hybridized carbons (Fsp3) is 0.600. The highest BCUT2D eigenvalue weighted by atomic mass is 19.1. The first-order valence-electron chi connectivity index (χ1n) is 7.15. The number of hydrogen-bond acceptors (Lipinski definition) is 3. The molecule has 0 radical (unpaired) electrons. The molecule has 0 unspecified atom stereocenters. The second-order valence-electron chi connectivity index (χ2n) is 5.60. The van der Waals surface area contributed by atoms with Crippen LogP contribution in [0.25, 0.3) is 0 Å². The van der Waals surface area contributed by atoms with E-state index in [0.29, 0.717) is 18.8 Å². The third kappa shape index (κ3) is 3.76. The maximum atomic E-state index is 12.9. The van der Waals surface area contributed by atoms with E-state index < -0.39 is 17.5 Å². The largest absolute Gasteiger partial charge is 0.388 e. The van der Waals surface area contributed by atoms with Crippen molar-refractivity contribution < 1.29 is 14.3 Å². The summed E-state index contributed by atoms with van der Waals surface area (Å²) >= 11 is 0. The van der Waals surface area contributed by atoms with Crippen LogP contribution in [0.1, 0.15) is 49.5 Å². The molecule has 0 atom stereocenters. The molecule has 1 aromatic rings. The van der Waals surface area contributed by atoms with Crippen molar-refractivity contribution in [3.05, 3.63) is 29.8 Å². The van der Waals surface area contributed by atoms with E-state index >= 15 is 0 Å². The molecule has 4 nitrogen and oxygen atoms in total. The van der Waals surface area contributed by atoms with Crippen LogP contribution in [-0.4, -0.2) is 28.1 Å². The summed E-state index contributed by atoms with van der Waals surface area (Å²) in [5, 5.41) is 13.1. The van der Waals surface area contributed by atoms with Crippen molar-refractivity contribution in [3.8, 4) is 0 Å². The van der Waals surface area contributed by atoms with Gasteiger partial charge in [0.1, 0.15) is 5.69 Å². The Hall–Kier alpha value is -1.49. The molecule has 0 saturated heterocycles. The van der Waals surface area contributed by atoms with Gasteiger partial charge in [0.05, 0.1) is 5.60 Å². The second kappa shape index (κ2) is 6.31. The minimum absolute atomic E-state index is 0.0378. The molecule has 0 spiro atoms. The molecule has 0 aromatic carbocycles. The van der Waals surface area contributed by atoms with Crippen LogP contribution in [0.2, 0.25) is 0 Å². The molecule has 20 heavy (non-hydrogen) atoms. The zero-order valence-corrected chi connectivity index (χ0v) is 11.7. The van der Waals surface area contributed by atoms with Gasteiger partial charge in [-0.25, -0.2) is 4.98 Å². The summed E-state index contributed by atoms with van der Waals surface area (Å²) in [6.07, 6.45) is 4.50. The highest BCUT2D eigenvalue weighted by molar-refractivity contribution is 5.92. The van der Waals surface area contributed by atoms with Crippen molar-refractivity contribution >= 4 is 5.91 Å². The minimum atomic E-state index is -0.839. The van der Waals surface area contributed by atoms with Gasteiger partial charge in [-0.3, -0.25) is 4.79 Å². The highest BCUT2D eigenvalue weighted by Gasteiger charge is 2.33. The van der Waals surface area contributed by atoms with Crippen LogP contribution in [-0.2, 0) is 0 Å².